The standard InChI is InChI=1S/C11H13N3O2/c1-11(2,10(12)15)14-9-7-4-6-16-8(7)3-5-13-9/h3-6H,1-2H3,(H2,12,15)(H,13,14). The lowest BCUT2D eigenvalue weighted by Gasteiger charge is -2.23. The van der Waals surface area contributed by atoms with Crippen LogP contribution in [0.4, 0.5) is 5.82 Å². The number of primary amides is 1. The zero-order chi connectivity index (χ0) is 11.8. The van der Waals surface area contributed by atoms with Crippen molar-refractivity contribution in [2.75, 3.05) is 5.32 Å². The molecular weight excluding hydrogens is 206 g/mol. The number of nitrogens with two attached hydrogens (primary N) is 1. The highest BCUT2D eigenvalue weighted by Gasteiger charge is 2.25. The van der Waals surface area contributed by atoms with Gasteiger partial charge in [-0.05, 0) is 26.0 Å². The first-order valence-electron chi connectivity index (χ1n) is 4.91. The van der Waals surface area contributed by atoms with E-state index in [4.69, 9.17) is 10.2 Å². The number of anilines is 1. The number of hydrogen-bond donors (Lipinski definition) is 2. The van der Waals surface area contributed by atoms with Gasteiger partial charge in [-0.3, -0.25) is 4.79 Å². The van der Waals surface area contributed by atoms with E-state index in [9.17, 15) is 4.79 Å². The van der Waals surface area contributed by atoms with Crippen LogP contribution in [0.3, 0.4) is 0 Å². The molecule has 0 saturated heterocycles. The predicted octanol–water partition coefficient (Wildman–Crippen LogP) is 1.50. The molecule has 3 N–H and O–H groups in total. The highest BCUT2D eigenvalue weighted by Crippen LogP contribution is 2.24. The maximum absolute atomic E-state index is 11.2. The Labute approximate surface area is 92.6 Å². The fourth-order valence-electron chi connectivity index (χ4n) is 1.35. The number of fused-ring (bicyclic) bond motifs is 1. The molecule has 0 saturated carbocycles. The summed E-state index contributed by atoms with van der Waals surface area (Å²) in [6, 6.07) is 3.56. The molecule has 0 aromatic carbocycles. The topological polar surface area (TPSA) is 81.2 Å². The number of carbonyl (C=O) groups is 1. The second kappa shape index (κ2) is 3.52. The first-order valence-corrected chi connectivity index (χ1v) is 4.91. The Balaban J connectivity index is 2.41. The van der Waals surface area contributed by atoms with Crippen molar-refractivity contribution in [3.8, 4) is 0 Å². The Bertz CT molecular complexity index is 531. The number of pyridine rings is 1. The summed E-state index contributed by atoms with van der Waals surface area (Å²) in [4.78, 5) is 15.4. The van der Waals surface area contributed by atoms with Crippen molar-refractivity contribution >= 4 is 22.7 Å². The monoisotopic (exact) mass is 219 g/mol. The van der Waals surface area contributed by atoms with Crippen LogP contribution in [0.25, 0.3) is 11.0 Å². The molecule has 2 heterocycles. The van der Waals surface area contributed by atoms with E-state index in [1.165, 1.54) is 0 Å². The Hall–Kier alpha value is -2.04. The molecule has 5 nitrogen and oxygen atoms in total. The first kappa shape index (κ1) is 10.5. The average Bonchev–Trinajstić information content (AvgIpc) is 2.65. The molecule has 1 amide bonds. The van der Waals surface area contributed by atoms with E-state index in [0.717, 1.165) is 11.0 Å². The number of furan rings is 1. The molecule has 0 fully saturated rings. The van der Waals surface area contributed by atoms with Gasteiger partial charge in [-0.25, -0.2) is 4.98 Å². The number of amides is 1. The van der Waals surface area contributed by atoms with E-state index in [2.05, 4.69) is 10.3 Å². The van der Waals surface area contributed by atoms with Gasteiger partial charge in [-0.15, -0.1) is 0 Å². The smallest absolute Gasteiger partial charge is 0.242 e. The SMILES string of the molecule is CC(C)(Nc1nccc2occc12)C(N)=O. The lowest BCUT2D eigenvalue weighted by molar-refractivity contribution is -0.121. The second-order valence-electron chi connectivity index (χ2n) is 4.11. The minimum absolute atomic E-state index is 0.435. The van der Waals surface area contributed by atoms with Gasteiger partial charge in [0.1, 0.15) is 16.9 Å². The van der Waals surface area contributed by atoms with Gasteiger partial charge < -0.3 is 15.5 Å². The van der Waals surface area contributed by atoms with Gasteiger partial charge in [0.15, 0.2) is 0 Å². The van der Waals surface area contributed by atoms with Gasteiger partial charge in [0.25, 0.3) is 0 Å². The van der Waals surface area contributed by atoms with E-state index in [-0.39, 0.29) is 0 Å². The maximum Gasteiger partial charge on any atom is 0.242 e. The highest BCUT2D eigenvalue weighted by molar-refractivity contribution is 5.92. The molecule has 0 unspecified atom stereocenters. The van der Waals surface area contributed by atoms with Gasteiger partial charge in [-0.2, -0.15) is 0 Å². The largest absolute Gasteiger partial charge is 0.464 e. The minimum Gasteiger partial charge on any atom is -0.464 e. The van der Waals surface area contributed by atoms with Crippen LogP contribution in [-0.2, 0) is 4.79 Å². The molecule has 0 atom stereocenters. The van der Waals surface area contributed by atoms with Crippen LogP contribution in [0.5, 0.6) is 0 Å². The number of nitrogens with zero attached hydrogens (tertiary/aromatic N) is 1. The summed E-state index contributed by atoms with van der Waals surface area (Å²) < 4.78 is 5.24. The van der Waals surface area contributed by atoms with Crippen LogP contribution in [0.1, 0.15) is 13.8 Å². The summed E-state index contributed by atoms with van der Waals surface area (Å²) in [6.07, 6.45) is 3.19. The molecule has 0 radical (unpaired) electrons. The van der Waals surface area contributed by atoms with Crippen molar-refractivity contribution in [3.05, 3.63) is 24.6 Å². The van der Waals surface area contributed by atoms with Gasteiger partial charge in [0, 0.05) is 6.20 Å². The van der Waals surface area contributed by atoms with Crippen LogP contribution in [0.15, 0.2) is 29.0 Å². The molecule has 2 rings (SSSR count). The molecule has 2 aromatic rings. The number of nitrogens with one attached hydrogen (secondary N) is 1. The molecule has 0 bridgehead atoms. The second-order valence-corrected chi connectivity index (χ2v) is 4.11. The van der Waals surface area contributed by atoms with Gasteiger partial charge >= 0.3 is 0 Å². The molecule has 84 valence electrons. The maximum atomic E-state index is 11.2. The van der Waals surface area contributed by atoms with E-state index in [0.29, 0.717) is 5.82 Å². The lowest BCUT2D eigenvalue weighted by Crippen LogP contribution is -2.45. The molecule has 5 heteroatoms. The summed E-state index contributed by atoms with van der Waals surface area (Å²) in [5.74, 6) is 0.157. The van der Waals surface area contributed by atoms with E-state index in [1.807, 2.05) is 0 Å². The van der Waals surface area contributed by atoms with Crippen molar-refractivity contribution in [1.82, 2.24) is 4.98 Å². The molecule has 0 aliphatic heterocycles. The Morgan fingerprint density at radius 1 is 1.50 bits per heavy atom. The van der Waals surface area contributed by atoms with Gasteiger partial charge in [-0.1, -0.05) is 0 Å². The fraction of sp³-hybridized carbons (Fsp3) is 0.273. The number of aromatic nitrogens is 1. The van der Waals surface area contributed by atoms with Crippen LogP contribution in [0, 0.1) is 0 Å². The third-order valence-corrected chi connectivity index (χ3v) is 2.43. The third kappa shape index (κ3) is 1.71. The van der Waals surface area contributed by atoms with Crippen molar-refractivity contribution in [2.24, 2.45) is 5.73 Å². The molecule has 2 aromatic heterocycles. The van der Waals surface area contributed by atoms with Crippen molar-refractivity contribution in [1.29, 1.82) is 0 Å². The van der Waals surface area contributed by atoms with Crippen LogP contribution >= 0.6 is 0 Å². The first-order chi connectivity index (χ1) is 7.50. The van der Waals surface area contributed by atoms with E-state index < -0.39 is 11.4 Å². The van der Waals surface area contributed by atoms with Gasteiger partial charge in [0.2, 0.25) is 5.91 Å². The van der Waals surface area contributed by atoms with E-state index in [1.54, 1.807) is 38.4 Å². The zero-order valence-corrected chi connectivity index (χ0v) is 9.15. The predicted molar refractivity (Wildman–Crippen MR) is 60.9 cm³/mol. The van der Waals surface area contributed by atoms with Crippen LogP contribution < -0.4 is 11.1 Å². The number of hydrogen-bond acceptors (Lipinski definition) is 4. The van der Waals surface area contributed by atoms with Crippen molar-refractivity contribution in [3.63, 3.8) is 0 Å². The lowest BCUT2D eigenvalue weighted by atomic mass is 10.1. The summed E-state index contributed by atoms with van der Waals surface area (Å²) in [6.45, 7) is 3.41. The summed E-state index contributed by atoms with van der Waals surface area (Å²) in [5, 5.41) is 3.83. The number of rotatable bonds is 3. The number of carbonyl (C=O) groups excluding carboxylic acids is 1. The molecule has 16 heavy (non-hydrogen) atoms. The normalized spacial score (nSPS) is 11.6. The minimum atomic E-state index is -0.849. The highest BCUT2D eigenvalue weighted by atomic mass is 16.3. The third-order valence-electron chi connectivity index (χ3n) is 2.43. The Kier molecular flexibility index (Phi) is 2.30. The summed E-state index contributed by atoms with van der Waals surface area (Å²) >= 11 is 0. The summed E-state index contributed by atoms with van der Waals surface area (Å²) in [7, 11) is 0. The average molecular weight is 219 g/mol. The van der Waals surface area contributed by atoms with Crippen LogP contribution in [-0.4, -0.2) is 16.4 Å². The quantitative estimate of drug-likeness (QED) is 0.819. The molecule has 0 spiro atoms. The van der Waals surface area contributed by atoms with Crippen LogP contribution in [0.2, 0.25) is 0 Å². The fourth-order valence-corrected chi connectivity index (χ4v) is 1.35. The van der Waals surface area contributed by atoms with E-state index >= 15 is 0 Å². The zero-order valence-electron chi connectivity index (χ0n) is 9.15. The van der Waals surface area contributed by atoms with Gasteiger partial charge in [0.05, 0.1) is 11.6 Å². The van der Waals surface area contributed by atoms with Crippen molar-refractivity contribution in [2.45, 2.75) is 19.4 Å². The Morgan fingerprint density at radius 3 is 2.94 bits per heavy atom. The molecular formula is C11H13N3O2. The Morgan fingerprint density at radius 2 is 2.25 bits per heavy atom. The molecule has 0 aliphatic rings. The van der Waals surface area contributed by atoms with Crippen molar-refractivity contribution < 1.29 is 9.21 Å². The molecule has 0 aliphatic carbocycles. The summed E-state index contributed by atoms with van der Waals surface area (Å²) in [5.41, 5.74) is 5.16.